The maximum Gasteiger partial charge on any atom is 0.459 e. The average Bonchev–Trinajstić information content (AvgIpc) is 3.09. The first-order valence-corrected chi connectivity index (χ1v) is 13.8. The number of halogens is 2. The van der Waals surface area contributed by atoms with Gasteiger partial charge in [0.25, 0.3) is 10.7 Å². The first kappa shape index (κ1) is 30.0. The molecule has 0 spiro atoms. The monoisotopic (exact) mass is 577 g/mol. The van der Waals surface area contributed by atoms with E-state index in [1.807, 2.05) is 18.8 Å². The van der Waals surface area contributed by atoms with Crippen LogP contribution in [0.15, 0.2) is 52.2 Å². The van der Waals surface area contributed by atoms with Crippen molar-refractivity contribution in [1.29, 1.82) is 0 Å². The van der Waals surface area contributed by atoms with Crippen molar-refractivity contribution in [2.75, 3.05) is 6.61 Å². The van der Waals surface area contributed by atoms with Crippen LogP contribution in [-0.2, 0) is 23.4 Å². The molecule has 15 heteroatoms. The molecule has 0 aliphatic carbocycles. The second kappa shape index (κ2) is 12.5. The normalized spacial score (nSPS) is 25.6. The number of benzene rings is 1. The second-order valence-corrected chi connectivity index (χ2v) is 10.9. The Morgan fingerprint density at radius 1 is 1.29 bits per heavy atom. The van der Waals surface area contributed by atoms with Crippen LogP contribution in [0.4, 0.5) is 4.39 Å². The van der Waals surface area contributed by atoms with Gasteiger partial charge >= 0.3 is 19.4 Å². The summed E-state index contributed by atoms with van der Waals surface area (Å²) in [5.41, 5.74) is -1.76. The van der Waals surface area contributed by atoms with E-state index in [0.717, 1.165) is 12.3 Å². The van der Waals surface area contributed by atoms with Crippen molar-refractivity contribution < 1.29 is 37.4 Å². The number of hydrogen-bond donors (Lipinski definition) is 3. The van der Waals surface area contributed by atoms with Crippen molar-refractivity contribution in [2.24, 2.45) is 0 Å². The molecule has 12 nitrogen and oxygen atoms in total. The molecule has 1 aromatic carbocycles. The van der Waals surface area contributed by atoms with E-state index < -0.39 is 61.2 Å². The first-order valence-electron chi connectivity index (χ1n) is 11.9. The zero-order chi connectivity index (χ0) is 28.1. The SMILES string of the molecule is CCC(CC)OC(=O)[C@H](C)N[P@](=O)(OC[C@H]1O[C@@H](n2ccc(=O)[nH]c2=O)[C@@](F)(Cl)[C@@H]1O)Oc1ccccc1. The fourth-order valence-corrected chi connectivity index (χ4v) is 5.41. The Hall–Kier alpha value is -2.54. The largest absolute Gasteiger partial charge is 0.461 e. The summed E-state index contributed by atoms with van der Waals surface area (Å²) in [6, 6.07) is 7.73. The molecule has 0 saturated carbocycles. The van der Waals surface area contributed by atoms with Gasteiger partial charge in [-0.3, -0.25) is 23.7 Å². The molecular formula is C23H30ClFN3O9P. The lowest BCUT2D eigenvalue weighted by Crippen LogP contribution is -2.42. The first-order chi connectivity index (χ1) is 17.9. The molecule has 6 atom stereocenters. The molecule has 1 fully saturated rings. The number of alkyl halides is 2. The molecule has 1 aromatic heterocycles. The Morgan fingerprint density at radius 3 is 2.55 bits per heavy atom. The minimum absolute atomic E-state index is 0.131. The van der Waals surface area contributed by atoms with E-state index in [1.165, 1.54) is 19.1 Å². The van der Waals surface area contributed by atoms with Crippen molar-refractivity contribution in [2.45, 2.75) is 69.3 Å². The van der Waals surface area contributed by atoms with Crippen molar-refractivity contribution in [3.63, 3.8) is 0 Å². The minimum atomic E-state index is -4.36. The summed E-state index contributed by atoms with van der Waals surface area (Å²) >= 11 is 5.88. The number of hydrogen-bond acceptors (Lipinski definition) is 9. The van der Waals surface area contributed by atoms with Gasteiger partial charge in [0.1, 0.15) is 30.1 Å². The summed E-state index contributed by atoms with van der Waals surface area (Å²) < 4.78 is 51.4. The Labute approximate surface area is 222 Å². The summed E-state index contributed by atoms with van der Waals surface area (Å²) in [5, 5.41) is 9.96. The highest BCUT2D eigenvalue weighted by atomic mass is 35.5. The zero-order valence-electron chi connectivity index (χ0n) is 20.9. The van der Waals surface area contributed by atoms with E-state index >= 15 is 4.39 Å². The maximum absolute atomic E-state index is 15.3. The van der Waals surface area contributed by atoms with Crippen LogP contribution in [0.2, 0.25) is 0 Å². The summed E-state index contributed by atoms with van der Waals surface area (Å²) in [6.45, 7) is 4.39. The third kappa shape index (κ3) is 7.10. The van der Waals surface area contributed by atoms with E-state index in [9.17, 15) is 24.1 Å². The van der Waals surface area contributed by atoms with Crippen LogP contribution in [0.5, 0.6) is 5.75 Å². The number of aliphatic hydroxyl groups excluding tert-OH is 1. The highest BCUT2D eigenvalue weighted by molar-refractivity contribution is 7.52. The number of aliphatic hydroxyl groups is 1. The number of ether oxygens (including phenoxy) is 2. The van der Waals surface area contributed by atoms with Gasteiger partial charge in [0.2, 0.25) is 0 Å². The molecule has 2 heterocycles. The van der Waals surface area contributed by atoms with Crippen LogP contribution in [0.1, 0.15) is 39.8 Å². The molecule has 210 valence electrons. The third-order valence-corrected chi connectivity index (χ3v) is 7.81. The predicted octanol–water partition coefficient (Wildman–Crippen LogP) is 2.61. The number of carbonyl (C=O) groups excluding carboxylic acids is 1. The van der Waals surface area contributed by atoms with E-state index in [4.69, 9.17) is 30.1 Å². The van der Waals surface area contributed by atoms with Crippen LogP contribution in [-0.4, -0.2) is 56.7 Å². The van der Waals surface area contributed by atoms with Crippen molar-refractivity contribution in [3.8, 4) is 5.75 Å². The fraction of sp³-hybridized carbons (Fsp3) is 0.522. The smallest absolute Gasteiger partial charge is 0.459 e. The van der Waals surface area contributed by atoms with Crippen molar-refractivity contribution in [3.05, 3.63) is 63.4 Å². The summed E-state index contributed by atoms with van der Waals surface area (Å²) in [5.74, 6) is -0.566. The van der Waals surface area contributed by atoms with Gasteiger partial charge in [-0.2, -0.15) is 5.09 Å². The topological polar surface area (TPSA) is 158 Å². The average molecular weight is 578 g/mol. The third-order valence-electron chi connectivity index (χ3n) is 5.76. The van der Waals surface area contributed by atoms with E-state index in [2.05, 4.69) is 5.09 Å². The number of carbonyl (C=O) groups is 1. The molecule has 38 heavy (non-hydrogen) atoms. The number of aromatic amines is 1. The number of rotatable bonds is 12. The number of nitrogens with one attached hydrogen (secondary N) is 2. The van der Waals surface area contributed by atoms with E-state index in [1.54, 1.807) is 18.2 Å². The fourth-order valence-electron chi connectivity index (χ4n) is 3.61. The lowest BCUT2D eigenvalue weighted by molar-refractivity contribution is -0.151. The van der Waals surface area contributed by atoms with Gasteiger partial charge < -0.3 is 19.1 Å². The summed E-state index contributed by atoms with van der Waals surface area (Å²) in [7, 11) is -4.36. The van der Waals surface area contributed by atoms with Crippen LogP contribution >= 0.6 is 19.3 Å². The quantitative estimate of drug-likeness (QED) is 0.194. The summed E-state index contributed by atoms with van der Waals surface area (Å²) in [4.78, 5) is 38.0. The van der Waals surface area contributed by atoms with Gasteiger partial charge in [-0.05, 0) is 31.9 Å². The highest BCUT2D eigenvalue weighted by Crippen LogP contribution is 2.48. The molecule has 1 aliphatic heterocycles. The minimum Gasteiger partial charge on any atom is -0.461 e. The van der Waals surface area contributed by atoms with Gasteiger partial charge in [0.15, 0.2) is 6.23 Å². The molecule has 0 amide bonds. The van der Waals surface area contributed by atoms with Gasteiger partial charge in [-0.25, -0.2) is 13.8 Å². The summed E-state index contributed by atoms with van der Waals surface area (Å²) in [6.07, 6.45) is -3.63. The second-order valence-electron chi connectivity index (χ2n) is 8.59. The Balaban J connectivity index is 1.79. The van der Waals surface area contributed by atoms with Gasteiger partial charge in [0, 0.05) is 12.3 Å². The molecule has 1 saturated heterocycles. The van der Waals surface area contributed by atoms with E-state index in [-0.39, 0.29) is 11.9 Å². The number of para-hydroxylation sites is 1. The van der Waals surface area contributed by atoms with Crippen molar-refractivity contribution >= 4 is 25.3 Å². The van der Waals surface area contributed by atoms with Crippen LogP contribution in [0, 0.1) is 0 Å². The lowest BCUT2D eigenvalue weighted by Gasteiger charge is -2.25. The van der Waals surface area contributed by atoms with Crippen molar-refractivity contribution in [1.82, 2.24) is 14.6 Å². The standard InChI is InChI=1S/C23H30ClFN3O9P/c1-4-15(5-2)35-20(31)14(3)27-38(33,37-16-9-7-6-8-10-16)34-13-17-19(30)23(24,25)21(36-17)28-12-11-18(29)26-22(28)32/h6-12,14-15,17,19,21,30H,4-5,13H2,1-3H3,(H,27,33)(H,26,29,32)/t14-,17+,19+,21+,23+,38-/m0/s1. The Bertz CT molecular complexity index is 1250. The van der Waals surface area contributed by atoms with Gasteiger partial charge in [-0.15, -0.1) is 0 Å². The maximum atomic E-state index is 15.3. The lowest BCUT2D eigenvalue weighted by atomic mass is 10.1. The van der Waals surface area contributed by atoms with Crippen LogP contribution < -0.4 is 20.9 Å². The van der Waals surface area contributed by atoms with Gasteiger partial charge in [0.05, 0.1) is 6.61 Å². The molecule has 3 rings (SSSR count). The molecule has 3 N–H and O–H groups in total. The predicted molar refractivity (Wildman–Crippen MR) is 135 cm³/mol. The highest BCUT2D eigenvalue weighted by Gasteiger charge is 2.58. The molecule has 1 aliphatic rings. The zero-order valence-corrected chi connectivity index (χ0v) is 22.6. The number of aromatic nitrogens is 2. The molecule has 2 aromatic rings. The molecule has 0 unspecified atom stereocenters. The molecule has 0 bridgehead atoms. The number of esters is 1. The number of nitrogens with zero attached hydrogens (tertiary/aromatic N) is 1. The molecular weight excluding hydrogens is 548 g/mol. The van der Waals surface area contributed by atoms with Gasteiger partial charge in [-0.1, -0.05) is 43.6 Å². The van der Waals surface area contributed by atoms with Crippen LogP contribution in [0.3, 0.4) is 0 Å². The number of H-pyrrole nitrogens is 1. The Morgan fingerprint density at radius 2 is 1.95 bits per heavy atom. The Kier molecular flexibility index (Phi) is 9.91. The molecule has 0 radical (unpaired) electrons. The van der Waals surface area contributed by atoms with Crippen LogP contribution in [0.25, 0.3) is 0 Å². The van der Waals surface area contributed by atoms with E-state index in [0.29, 0.717) is 17.4 Å².